The maximum absolute atomic E-state index is 11.5. The van der Waals surface area contributed by atoms with Gasteiger partial charge in [0.25, 0.3) is 0 Å². The fourth-order valence-electron chi connectivity index (χ4n) is 1.95. The summed E-state index contributed by atoms with van der Waals surface area (Å²) in [5, 5.41) is 0. The average Bonchev–Trinajstić information content (AvgIpc) is 2.37. The SMILES string of the molecule is CCCCC[C@H](C)CC=C(C)C=C(C)C(=O)OCC. The molecule has 0 aromatic heterocycles. The molecule has 2 nitrogen and oxygen atoms in total. The molecule has 0 rings (SSSR count). The van der Waals surface area contributed by atoms with Crippen molar-refractivity contribution in [2.45, 2.75) is 66.7 Å². The van der Waals surface area contributed by atoms with Crippen LogP contribution < -0.4 is 0 Å². The Labute approximate surface area is 118 Å². The molecule has 0 unspecified atom stereocenters. The Kier molecular flexibility index (Phi) is 10.2. The van der Waals surface area contributed by atoms with Crippen molar-refractivity contribution in [3.05, 3.63) is 23.3 Å². The van der Waals surface area contributed by atoms with Crippen molar-refractivity contribution < 1.29 is 9.53 Å². The fraction of sp³-hybridized carbons (Fsp3) is 0.706. The van der Waals surface area contributed by atoms with Gasteiger partial charge >= 0.3 is 5.97 Å². The van der Waals surface area contributed by atoms with E-state index in [0.29, 0.717) is 12.2 Å². The highest BCUT2D eigenvalue weighted by atomic mass is 16.5. The number of ether oxygens (including phenoxy) is 1. The van der Waals surface area contributed by atoms with Gasteiger partial charge in [-0.05, 0) is 39.2 Å². The summed E-state index contributed by atoms with van der Waals surface area (Å²) in [4.78, 5) is 11.5. The number of carbonyl (C=O) groups excluding carboxylic acids is 1. The first-order valence-electron chi connectivity index (χ1n) is 7.53. The lowest BCUT2D eigenvalue weighted by atomic mass is 9.98. The molecule has 0 N–H and O–H groups in total. The van der Waals surface area contributed by atoms with Crippen molar-refractivity contribution >= 4 is 5.97 Å². The molecule has 1 atom stereocenters. The van der Waals surface area contributed by atoms with Gasteiger partial charge in [0.1, 0.15) is 0 Å². The number of rotatable bonds is 9. The zero-order chi connectivity index (χ0) is 14.7. The van der Waals surface area contributed by atoms with Crippen LogP contribution in [0, 0.1) is 5.92 Å². The summed E-state index contributed by atoms with van der Waals surface area (Å²) in [6, 6.07) is 0. The quantitative estimate of drug-likeness (QED) is 0.253. The van der Waals surface area contributed by atoms with Crippen molar-refractivity contribution in [3.63, 3.8) is 0 Å². The third kappa shape index (κ3) is 9.52. The van der Waals surface area contributed by atoms with E-state index in [1.165, 1.54) is 25.7 Å². The molecular weight excluding hydrogens is 236 g/mol. The largest absolute Gasteiger partial charge is 0.463 e. The zero-order valence-electron chi connectivity index (χ0n) is 13.3. The maximum atomic E-state index is 11.5. The van der Waals surface area contributed by atoms with Crippen molar-refractivity contribution in [2.24, 2.45) is 5.92 Å². The molecule has 0 saturated heterocycles. The molecule has 0 aromatic carbocycles. The molecule has 110 valence electrons. The van der Waals surface area contributed by atoms with Gasteiger partial charge in [-0.15, -0.1) is 0 Å². The molecule has 0 saturated carbocycles. The first-order chi connectivity index (χ1) is 9.01. The van der Waals surface area contributed by atoms with Crippen LogP contribution in [0.2, 0.25) is 0 Å². The Morgan fingerprint density at radius 3 is 2.47 bits per heavy atom. The Morgan fingerprint density at radius 1 is 1.21 bits per heavy atom. The normalized spacial score (nSPS) is 14.4. The third-order valence-electron chi connectivity index (χ3n) is 3.18. The molecule has 0 fully saturated rings. The molecule has 0 amide bonds. The Hall–Kier alpha value is -1.05. The highest BCUT2D eigenvalue weighted by Crippen LogP contribution is 2.15. The van der Waals surface area contributed by atoms with Crippen LogP contribution in [0.1, 0.15) is 66.7 Å². The minimum Gasteiger partial charge on any atom is -0.463 e. The van der Waals surface area contributed by atoms with E-state index >= 15 is 0 Å². The summed E-state index contributed by atoms with van der Waals surface area (Å²) in [6.07, 6.45) is 10.4. The summed E-state index contributed by atoms with van der Waals surface area (Å²) in [5.74, 6) is 0.504. The number of carbonyl (C=O) groups is 1. The van der Waals surface area contributed by atoms with Gasteiger partial charge in [-0.25, -0.2) is 4.79 Å². The van der Waals surface area contributed by atoms with E-state index in [-0.39, 0.29) is 5.97 Å². The van der Waals surface area contributed by atoms with Gasteiger partial charge in [-0.1, -0.05) is 51.2 Å². The van der Waals surface area contributed by atoms with E-state index in [1.54, 1.807) is 6.92 Å². The highest BCUT2D eigenvalue weighted by molar-refractivity contribution is 5.88. The van der Waals surface area contributed by atoms with Gasteiger partial charge in [-0.3, -0.25) is 0 Å². The van der Waals surface area contributed by atoms with Crippen molar-refractivity contribution in [2.75, 3.05) is 6.61 Å². The maximum Gasteiger partial charge on any atom is 0.333 e. The second kappa shape index (κ2) is 10.8. The van der Waals surface area contributed by atoms with E-state index in [0.717, 1.165) is 17.9 Å². The van der Waals surface area contributed by atoms with E-state index < -0.39 is 0 Å². The lowest BCUT2D eigenvalue weighted by Gasteiger charge is -2.08. The second-order valence-electron chi connectivity index (χ2n) is 5.33. The second-order valence-corrected chi connectivity index (χ2v) is 5.33. The predicted octanol–water partition coefficient (Wildman–Crippen LogP) is 5.05. The standard InChI is InChI=1S/C17H30O2/c1-6-8-9-10-14(3)11-12-15(4)13-16(5)17(18)19-7-2/h12-14H,6-11H2,1-5H3/t14-/m0/s1. The Bertz CT molecular complexity index is 313. The molecule has 0 bridgehead atoms. The van der Waals surface area contributed by atoms with E-state index in [4.69, 9.17) is 4.74 Å². The van der Waals surface area contributed by atoms with Gasteiger partial charge in [0.2, 0.25) is 0 Å². The lowest BCUT2D eigenvalue weighted by molar-refractivity contribution is -0.138. The van der Waals surface area contributed by atoms with Crippen molar-refractivity contribution in [1.82, 2.24) is 0 Å². The van der Waals surface area contributed by atoms with E-state index in [1.807, 2.05) is 19.9 Å². The highest BCUT2D eigenvalue weighted by Gasteiger charge is 2.04. The summed E-state index contributed by atoms with van der Waals surface area (Å²) >= 11 is 0. The first kappa shape index (κ1) is 17.9. The first-order valence-corrected chi connectivity index (χ1v) is 7.53. The molecular formula is C17H30O2. The molecule has 0 aliphatic rings. The van der Waals surface area contributed by atoms with Gasteiger partial charge in [0, 0.05) is 5.57 Å². The fourth-order valence-corrected chi connectivity index (χ4v) is 1.95. The predicted molar refractivity (Wildman–Crippen MR) is 82.1 cm³/mol. The minimum atomic E-state index is -0.216. The number of hydrogen-bond acceptors (Lipinski definition) is 2. The van der Waals surface area contributed by atoms with Crippen molar-refractivity contribution in [3.8, 4) is 0 Å². The molecule has 0 aromatic rings. The molecule has 19 heavy (non-hydrogen) atoms. The number of allylic oxidation sites excluding steroid dienone is 3. The molecule has 0 aliphatic heterocycles. The van der Waals surface area contributed by atoms with Crippen molar-refractivity contribution in [1.29, 1.82) is 0 Å². The smallest absolute Gasteiger partial charge is 0.333 e. The zero-order valence-corrected chi connectivity index (χ0v) is 13.3. The molecule has 0 heterocycles. The topological polar surface area (TPSA) is 26.3 Å². The monoisotopic (exact) mass is 266 g/mol. The van der Waals surface area contributed by atoms with Gasteiger partial charge in [0.15, 0.2) is 0 Å². The van der Waals surface area contributed by atoms with Crippen LogP contribution in [0.25, 0.3) is 0 Å². The van der Waals surface area contributed by atoms with Gasteiger partial charge in [-0.2, -0.15) is 0 Å². The van der Waals surface area contributed by atoms with Crippen LogP contribution in [-0.4, -0.2) is 12.6 Å². The number of hydrogen-bond donors (Lipinski definition) is 0. The molecule has 0 aliphatic carbocycles. The summed E-state index contributed by atoms with van der Waals surface area (Å²) < 4.78 is 4.96. The van der Waals surface area contributed by atoms with E-state index in [9.17, 15) is 4.79 Å². The number of unbranched alkanes of at least 4 members (excludes halogenated alkanes) is 2. The van der Waals surface area contributed by atoms with Crippen LogP contribution in [-0.2, 0) is 9.53 Å². The van der Waals surface area contributed by atoms with Crippen LogP contribution in [0.15, 0.2) is 23.3 Å². The molecule has 2 heteroatoms. The molecule has 0 spiro atoms. The summed E-state index contributed by atoms with van der Waals surface area (Å²) in [5.41, 5.74) is 1.82. The molecule has 0 radical (unpaired) electrons. The van der Waals surface area contributed by atoms with Crippen LogP contribution in [0.4, 0.5) is 0 Å². The lowest BCUT2D eigenvalue weighted by Crippen LogP contribution is -2.05. The number of esters is 1. The van der Waals surface area contributed by atoms with Crippen LogP contribution in [0.3, 0.4) is 0 Å². The summed E-state index contributed by atoms with van der Waals surface area (Å²) in [7, 11) is 0. The summed E-state index contributed by atoms with van der Waals surface area (Å²) in [6.45, 7) is 10.6. The van der Waals surface area contributed by atoms with Crippen LogP contribution >= 0.6 is 0 Å². The minimum absolute atomic E-state index is 0.216. The Morgan fingerprint density at radius 2 is 1.89 bits per heavy atom. The van der Waals surface area contributed by atoms with E-state index in [2.05, 4.69) is 19.9 Å². The van der Waals surface area contributed by atoms with Gasteiger partial charge in [0.05, 0.1) is 6.61 Å². The van der Waals surface area contributed by atoms with Gasteiger partial charge < -0.3 is 4.74 Å². The average molecular weight is 266 g/mol. The third-order valence-corrected chi connectivity index (χ3v) is 3.18. The van der Waals surface area contributed by atoms with Crippen LogP contribution in [0.5, 0.6) is 0 Å². The Balaban J connectivity index is 4.18.